The van der Waals surface area contributed by atoms with Crippen LogP contribution in [-0.2, 0) is 16.0 Å². The molecule has 3 rings (SSSR count). The summed E-state index contributed by atoms with van der Waals surface area (Å²) in [4.78, 5) is 25.9. The lowest BCUT2D eigenvalue weighted by molar-refractivity contribution is -0.124. The number of nitrogens with two attached hydrogens (primary N) is 1. The summed E-state index contributed by atoms with van der Waals surface area (Å²) >= 11 is 0. The third-order valence-electron chi connectivity index (χ3n) is 4.81. The summed E-state index contributed by atoms with van der Waals surface area (Å²) in [6.07, 6.45) is 7.04. The van der Waals surface area contributed by atoms with Crippen LogP contribution < -0.4 is 10.6 Å². The quantitative estimate of drug-likeness (QED) is 0.923. The fraction of sp³-hybridized carbons (Fsp3) is 0.529. The Morgan fingerprint density at radius 1 is 1.19 bits per heavy atom. The predicted molar refractivity (Wildman–Crippen MR) is 81.8 cm³/mol. The van der Waals surface area contributed by atoms with E-state index in [0.29, 0.717) is 18.8 Å². The largest absolute Gasteiger partial charge is 0.368 e. The molecule has 1 fully saturated rings. The van der Waals surface area contributed by atoms with Crippen LogP contribution in [0.25, 0.3) is 0 Å². The number of anilines is 1. The van der Waals surface area contributed by atoms with Crippen LogP contribution in [0.5, 0.6) is 0 Å². The molecule has 0 bridgehead atoms. The minimum Gasteiger partial charge on any atom is -0.368 e. The lowest BCUT2D eigenvalue weighted by atomic mass is 10.0. The number of para-hydroxylation sites is 1. The first kappa shape index (κ1) is 14.1. The zero-order valence-corrected chi connectivity index (χ0v) is 12.3. The first-order valence-electron chi connectivity index (χ1n) is 7.86. The van der Waals surface area contributed by atoms with Crippen LogP contribution in [0.2, 0.25) is 0 Å². The number of carbonyl (C=O) groups is 2. The molecule has 0 aromatic heterocycles. The molecule has 1 unspecified atom stereocenters. The van der Waals surface area contributed by atoms with Crippen molar-refractivity contribution in [3.05, 3.63) is 29.8 Å². The highest BCUT2D eigenvalue weighted by Crippen LogP contribution is 2.34. The van der Waals surface area contributed by atoms with Crippen molar-refractivity contribution in [1.29, 1.82) is 0 Å². The second-order valence-electron chi connectivity index (χ2n) is 6.20. The molecule has 1 aromatic rings. The third kappa shape index (κ3) is 2.80. The van der Waals surface area contributed by atoms with Crippen LogP contribution in [-0.4, -0.2) is 17.9 Å². The van der Waals surface area contributed by atoms with Crippen LogP contribution in [0.15, 0.2) is 24.3 Å². The van der Waals surface area contributed by atoms with Gasteiger partial charge >= 0.3 is 0 Å². The standard InChI is InChI=1S/C17H22N2O2/c18-17(21)15-11-13-7-3-4-8-14(13)19(15)16(20)10-9-12-5-1-2-6-12/h3-4,7-8,12,15H,1-2,5-6,9-11H2,(H2,18,21). The minimum absolute atomic E-state index is 0.0376. The van der Waals surface area contributed by atoms with Gasteiger partial charge < -0.3 is 5.73 Å². The first-order valence-corrected chi connectivity index (χ1v) is 7.86. The van der Waals surface area contributed by atoms with E-state index in [-0.39, 0.29) is 5.91 Å². The van der Waals surface area contributed by atoms with Crippen molar-refractivity contribution < 1.29 is 9.59 Å². The third-order valence-corrected chi connectivity index (χ3v) is 4.81. The van der Waals surface area contributed by atoms with Crippen molar-refractivity contribution in [2.45, 2.75) is 51.0 Å². The maximum absolute atomic E-state index is 12.6. The van der Waals surface area contributed by atoms with Crippen molar-refractivity contribution in [3.63, 3.8) is 0 Å². The highest BCUT2D eigenvalue weighted by atomic mass is 16.2. The lowest BCUT2D eigenvalue weighted by Gasteiger charge is -2.24. The zero-order valence-electron chi connectivity index (χ0n) is 12.3. The second-order valence-corrected chi connectivity index (χ2v) is 6.20. The molecule has 4 heteroatoms. The molecule has 0 spiro atoms. The molecular formula is C17H22N2O2. The number of amides is 2. The summed E-state index contributed by atoms with van der Waals surface area (Å²) in [6.45, 7) is 0. The van der Waals surface area contributed by atoms with Crippen LogP contribution in [0, 0.1) is 5.92 Å². The van der Waals surface area contributed by atoms with Gasteiger partial charge in [-0.1, -0.05) is 43.9 Å². The number of nitrogens with zero attached hydrogens (tertiary/aromatic N) is 1. The van der Waals surface area contributed by atoms with Crippen molar-refractivity contribution in [3.8, 4) is 0 Å². The molecule has 1 heterocycles. The smallest absolute Gasteiger partial charge is 0.240 e. The van der Waals surface area contributed by atoms with Gasteiger partial charge in [0, 0.05) is 18.5 Å². The second kappa shape index (κ2) is 5.88. The average Bonchev–Trinajstić information content (AvgIpc) is 3.11. The Hall–Kier alpha value is -1.84. The maximum atomic E-state index is 12.6. The number of fused-ring (bicyclic) bond motifs is 1. The molecule has 1 aliphatic carbocycles. The van der Waals surface area contributed by atoms with Gasteiger partial charge in [-0.2, -0.15) is 0 Å². The Kier molecular flexibility index (Phi) is 3.95. The van der Waals surface area contributed by atoms with Crippen molar-refractivity contribution >= 4 is 17.5 Å². The van der Waals surface area contributed by atoms with Crippen LogP contribution in [0.4, 0.5) is 5.69 Å². The van der Waals surface area contributed by atoms with Gasteiger partial charge in [-0.25, -0.2) is 0 Å². The fourth-order valence-electron chi connectivity index (χ4n) is 3.67. The Morgan fingerprint density at radius 2 is 1.90 bits per heavy atom. The van der Waals surface area contributed by atoms with Crippen LogP contribution in [0.1, 0.15) is 44.1 Å². The maximum Gasteiger partial charge on any atom is 0.240 e. The van der Waals surface area contributed by atoms with E-state index in [4.69, 9.17) is 5.73 Å². The molecular weight excluding hydrogens is 264 g/mol. The number of hydrogen-bond donors (Lipinski definition) is 1. The average molecular weight is 286 g/mol. The normalized spacial score (nSPS) is 21.5. The van der Waals surface area contributed by atoms with Crippen molar-refractivity contribution in [2.75, 3.05) is 4.90 Å². The van der Waals surface area contributed by atoms with Gasteiger partial charge in [0.05, 0.1) is 0 Å². The van der Waals surface area contributed by atoms with Gasteiger partial charge in [0.25, 0.3) is 0 Å². The lowest BCUT2D eigenvalue weighted by Crippen LogP contribution is -2.46. The van der Waals surface area contributed by atoms with Crippen molar-refractivity contribution in [2.24, 2.45) is 11.7 Å². The van der Waals surface area contributed by atoms with E-state index in [0.717, 1.165) is 17.7 Å². The SMILES string of the molecule is NC(=O)C1Cc2ccccc2N1C(=O)CCC1CCCC1. The van der Waals surface area contributed by atoms with Gasteiger partial charge in [-0.05, 0) is 24.0 Å². The molecule has 0 radical (unpaired) electrons. The summed E-state index contributed by atoms with van der Waals surface area (Å²) in [5.41, 5.74) is 7.39. The van der Waals surface area contributed by atoms with E-state index in [1.165, 1.54) is 25.7 Å². The molecule has 2 amide bonds. The zero-order chi connectivity index (χ0) is 14.8. The number of carbonyl (C=O) groups excluding carboxylic acids is 2. The van der Waals surface area contributed by atoms with E-state index >= 15 is 0 Å². The molecule has 4 nitrogen and oxygen atoms in total. The van der Waals surface area contributed by atoms with Gasteiger partial charge in [0.2, 0.25) is 11.8 Å². The molecule has 21 heavy (non-hydrogen) atoms. The molecule has 1 aromatic carbocycles. The number of benzene rings is 1. The Labute approximate surface area is 125 Å². The Bertz CT molecular complexity index is 549. The topological polar surface area (TPSA) is 63.4 Å². The Balaban J connectivity index is 1.73. The van der Waals surface area contributed by atoms with Gasteiger partial charge in [-0.3, -0.25) is 14.5 Å². The van der Waals surface area contributed by atoms with E-state index in [1.807, 2.05) is 24.3 Å². The number of rotatable bonds is 4. The molecule has 0 saturated heterocycles. The number of hydrogen-bond acceptors (Lipinski definition) is 2. The highest BCUT2D eigenvalue weighted by molar-refractivity contribution is 6.03. The highest BCUT2D eigenvalue weighted by Gasteiger charge is 2.36. The van der Waals surface area contributed by atoms with E-state index in [2.05, 4.69) is 0 Å². The fourth-order valence-corrected chi connectivity index (χ4v) is 3.67. The van der Waals surface area contributed by atoms with E-state index in [9.17, 15) is 9.59 Å². The van der Waals surface area contributed by atoms with Crippen LogP contribution in [0.3, 0.4) is 0 Å². The summed E-state index contributed by atoms with van der Waals surface area (Å²) in [5.74, 6) is 0.301. The first-order chi connectivity index (χ1) is 10.2. The summed E-state index contributed by atoms with van der Waals surface area (Å²) in [7, 11) is 0. The molecule has 2 aliphatic rings. The number of primary amides is 1. The molecule has 1 aliphatic heterocycles. The van der Waals surface area contributed by atoms with Gasteiger partial charge in [0.1, 0.15) is 6.04 Å². The van der Waals surface area contributed by atoms with E-state index in [1.54, 1.807) is 4.90 Å². The molecule has 112 valence electrons. The monoisotopic (exact) mass is 286 g/mol. The van der Waals surface area contributed by atoms with E-state index < -0.39 is 11.9 Å². The molecule has 2 N–H and O–H groups in total. The Morgan fingerprint density at radius 3 is 2.62 bits per heavy atom. The summed E-state index contributed by atoms with van der Waals surface area (Å²) in [5, 5.41) is 0. The predicted octanol–water partition coefficient (Wildman–Crippen LogP) is 2.40. The summed E-state index contributed by atoms with van der Waals surface area (Å²) in [6, 6.07) is 7.20. The van der Waals surface area contributed by atoms with Crippen molar-refractivity contribution in [1.82, 2.24) is 0 Å². The summed E-state index contributed by atoms with van der Waals surface area (Å²) < 4.78 is 0. The van der Waals surface area contributed by atoms with Gasteiger partial charge in [0.15, 0.2) is 0 Å². The molecule has 1 atom stereocenters. The van der Waals surface area contributed by atoms with Gasteiger partial charge in [-0.15, -0.1) is 0 Å². The molecule has 1 saturated carbocycles. The minimum atomic E-state index is -0.515. The van der Waals surface area contributed by atoms with Crippen LogP contribution >= 0.6 is 0 Å².